The number of halogens is 4. The smallest absolute Gasteiger partial charge is 0.416 e. The Morgan fingerprint density at radius 1 is 1.24 bits per heavy atom. The summed E-state index contributed by atoms with van der Waals surface area (Å²) in [7, 11) is 0. The van der Waals surface area contributed by atoms with Gasteiger partial charge in [-0.2, -0.15) is 13.2 Å². The summed E-state index contributed by atoms with van der Waals surface area (Å²) in [6.45, 7) is 1.63. The standard InChI is InChI=1S/C11H7BrF3NO/c1-6-16-5-10(17-6)7-2-8(11(13,14)15)4-9(12)3-7/h2-5H,1H3. The van der Waals surface area contributed by atoms with E-state index in [0.29, 0.717) is 21.7 Å². The predicted molar refractivity (Wildman–Crippen MR) is 59.4 cm³/mol. The summed E-state index contributed by atoms with van der Waals surface area (Å²) in [6.07, 6.45) is -2.98. The lowest BCUT2D eigenvalue weighted by Crippen LogP contribution is -2.04. The summed E-state index contributed by atoms with van der Waals surface area (Å²) in [6, 6.07) is 3.60. The second kappa shape index (κ2) is 4.18. The van der Waals surface area contributed by atoms with Crippen LogP contribution in [0.5, 0.6) is 0 Å². The molecule has 0 bridgehead atoms. The Hall–Kier alpha value is -1.30. The molecule has 0 aliphatic heterocycles. The lowest BCUT2D eigenvalue weighted by atomic mass is 10.1. The first-order chi connectivity index (χ1) is 7.86. The van der Waals surface area contributed by atoms with Gasteiger partial charge in [-0.05, 0) is 18.2 Å². The average Bonchev–Trinajstić information content (AvgIpc) is 2.62. The van der Waals surface area contributed by atoms with E-state index in [1.165, 1.54) is 6.20 Å². The maximum absolute atomic E-state index is 12.6. The van der Waals surface area contributed by atoms with Crippen molar-refractivity contribution in [3.8, 4) is 11.3 Å². The molecule has 0 unspecified atom stereocenters. The van der Waals surface area contributed by atoms with E-state index >= 15 is 0 Å². The molecule has 2 rings (SSSR count). The van der Waals surface area contributed by atoms with E-state index in [9.17, 15) is 13.2 Å². The molecule has 17 heavy (non-hydrogen) atoms. The molecule has 2 aromatic rings. The molecule has 1 heterocycles. The largest absolute Gasteiger partial charge is 0.441 e. The maximum atomic E-state index is 12.6. The van der Waals surface area contributed by atoms with Crippen LogP contribution in [0, 0.1) is 6.92 Å². The number of alkyl halides is 3. The van der Waals surface area contributed by atoms with Crippen LogP contribution in [-0.2, 0) is 6.18 Å². The maximum Gasteiger partial charge on any atom is 0.416 e. The number of rotatable bonds is 1. The zero-order valence-electron chi connectivity index (χ0n) is 8.68. The van der Waals surface area contributed by atoms with Crippen LogP contribution in [0.2, 0.25) is 0 Å². The number of nitrogens with zero attached hydrogens (tertiary/aromatic N) is 1. The van der Waals surface area contributed by atoms with Crippen LogP contribution >= 0.6 is 15.9 Å². The number of aryl methyl sites for hydroxylation is 1. The third-order valence-electron chi connectivity index (χ3n) is 2.13. The molecule has 1 aromatic heterocycles. The van der Waals surface area contributed by atoms with Crippen LogP contribution in [0.1, 0.15) is 11.5 Å². The zero-order chi connectivity index (χ0) is 12.6. The molecule has 0 amide bonds. The fraction of sp³-hybridized carbons (Fsp3) is 0.182. The number of oxazole rings is 1. The van der Waals surface area contributed by atoms with Crippen LogP contribution in [0.4, 0.5) is 13.2 Å². The molecule has 90 valence electrons. The number of benzene rings is 1. The van der Waals surface area contributed by atoms with Crippen LogP contribution < -0.4 is 0 Å². The Morgan fingerprint density at radius 2 is 1.94 bits per heavy atom. The molecule has 0 spiro atoms. The summed E-state index contributed by atoms with van der Waals surface area (Å²) >= 11 is 3.05. The van der Waals surface area contributed by atoms with Gasteiger partial charge in [-0.1, -0.05) is 15.9 Å². The van der Waals surface area contributed by atoms with Crippen molar-refractivity contribution in [2.24, 2.45) is 0 Å². The summed E-state index contributed by atoms with van der Waals surface area (Å²) in [5.74, 6) is 0.725. The molecule has 0 radical (unpaired) electrons. The SMILES string of the molecule is Cc1ncc(-c2cc(Br)cc(C(F)(F)F)c2)o1. The molecule has 6 heteroatoms. The fourth-order valence-electron chi connectivity index (χ4n) is 1.39. The Kier molecular flexibility index (Phi) is 2.99. The van der Waals surface area contributed by atoms with Gasteiger partial charge in [-0.3, -0.25) is 0 Å². The zero-order valence-corrected chi connectivity index (χ0v) is 10.3. The topological polar surface area (TPSA) is 26.0 Å². The molecule has 0 atom stereocenters. The minimum Gasteiger partial charge on any atom is -0.441 e. The van der Waals surface area contributed by atoms with Crippen molar-refractivity contribution in [2.75, 3.05) is 0 Å². The molecule has 0 saturated carbocycles. The summed E-state index contributed by atoms with van der Waals surface area (Å²) in [5, 5.41) is 0. The van der Waals surface area contributed by atoms with Crippen molar-refractivity contribution in [2.45, 2.75) is 13.1 Å². The molecule has 1 aromatic carbocycles. The summed E-state index contributed by atoms with van der Waals surface area (Å²) in [4.78, 5) is 3.85. The van der Waals surface area contributed by atoms with Gasteiger partial charge < -0.3 is 4.42 Å². The first-order valence-electron chi connectivity index (χ1n) is 4.67. The van der Waals surface area contributed by atoms with E-state index in [-0.39, 0.29) is 0 Å². The fourth-order valence-corrected chi connectivity index (χ4v) is 1.88. The van der Waals surface area contributed by atoms with Crippen molar-refractivity contribution in [3.05, 3.63) is 40.3 Å². The Balaban J connectivity index is 2.52. The van der Waals surface area contributed by atoms with E-state index in [1.807, 2.05) is 0 Å². The summed E-state index contributed by atoms with van der Waals surface area (Å²) in [5.41, 5.74) is -0.386. The van der Waals surface area contributed by atoms with E-state index in [0.717, 1.165) is 12.1 Å². The van der Waals surface area contributed by atoms with Crippen molar-refractivity contribution in [1.29, 1.82) is 0 Å². The number of aromatic nitrogens is 1. The number of hydrogen-bond donors (Lipinski definition) is 0. The first kappa shape index (κ1) is 12.2. The third kappa shape index (κ3) is 2.69. The van der Waals surface area contributed by atoms with Gasteiger partial charge in [-0.15, -0.1) is 0 Å². The molecule has 0 saturated heterocycles. The predicted octanol–water partition coefficient (Wildman–Crippen LogP) is 4.43. The Morgan fingerprint density at radius 3 is 2.47 bits per heavy atom. The normalized spacial score (nSPS) is 11.8. The van der Waals surface area contributed by atoms with Gasteiger partial charge in [0.05, 0.1) is 11.8 Å². The van der Waals surface area contributed by atoms with Gasteiger partial charge in [0.15, 0.2) is 11.7 Å². The van der Waals surface area contributed by atoms with Gasteiger partial charge in [0.1, 0.15) is 0 Å². The molecule has 2 nitrogen and oxygen atoms in total. The molecule has 0 aliphatic rings. The van der Waals surface area contributed by atoms with Crippen LogP contribution in [0.3, 0.4) is 0 Å². The van der Waals surface area contributed by atoms with E-state index < -0.39 is 11.7 Å². The van der Waals surface area contributed by atoms with Gasteiger partial charge in [0.25, 0.3) is 0 Å². The molecular formula is C11H7BrF3NO. The molecule has 0 fully saturated rings. The van der Waals surface area contributed by atoms with Crippen LogP contribution in [0.25, 0.3) is 11.3 Å². The minimum absolute atomic E-state index is 0.314. The van der Waals surface area contributed by atoms with Crippen LogP contribution in [0.15, 0.2) is 33.3 Å². The number of hydrogen-bond acceptors (Lipinski definition) is 2. The highest BCUT2D eigenvalue weighted by Gasteiger charge is 2.31. The lowest BCUT2D eigenvalue weighted by Gasteiger charge is -2.08. The second-order valence-corrected chi connectivity index (χ2v) is 4.39. The Labute approximate surface area is 104 Å². The van der Waals surface area contributed by atoms with Gasteiger partial charge in [0.2, 0.25) is 0 Å². The minimum atomic E-state index is -4.38. The van der Waals surface area contributed by atoms with Crippen LogP contribution in [-0.4, -0.2) is 4.98 Å². The van der Waals surface area contributed by atoms with E-state index in [4.69, 9.17) is 4.42 Å². The quantitative estimate of drug-likeness (QED) is 0.779. The highest BCUT2D eigenvalue weighted by atomic mass is 79.9. The average molecular weight is 306 g/mol. The highest BCUT2D eigenvalue weighted by molar-refractivity contribution is 9.10. The Bertz CT molecular complexity index is 548. The van der Waals surface area contributed by atoms with E-state index in [2.05, 4.69) is 20.9 Å². The van der Waals surface area contributed by atoms with Gasteiger partial charge in [0, 0.05) is 17.0 Å². The highest BCUT2D eigenvalue weighted by Crippen LogP contribution is 2.34. The van der Waals surface area contributed by atoms with Crippen molar-refractivity contribution in [1.82, 2.24) is 4.98 Å². The second-order valence-electron chi connectivity index (χ2n) is 3.47. The van der Waals surface area contributed by atoms with Crippen molar-refractivity contribution >= 4 is 15.9 Å². The molecule has 0 N–H and O–H groups in total. The summed E-state index contributed by atoms with van der Waals surface area (Å²) < 4.78 is 43.3. The lowest BCUT2D eigenvalue weighted by molar-refractivity contribution is -0.137. The van der Waals surface area contributed by atoms with E-state index in [1.54, 1.807) is 13.0 Å². The van der Waals surface area contributed by atoms with Gasteiger partial charge in [-0.25, -0.2) is 4.98 Å². The van der Waals surface area contributed by atoms with Crippen molar-refractivity contribution < 1.29 is 17.6 Å². The van der Waals surface area contributed by atoms with Gasteiger partial charge >= 0.3 is 6.18 Å². The monoisotopic (exact) mass is 305 g/mol. The molecular weight excluding hydrogens is 299 g/mol. The van der Waals surface area contributed by atoms with Crippen molar-refractivity contribution in [3.63, 3.8) is 0 Å². The molecule has 0 aliphatic carbocycles. The third-order valence-corrected chi connectivity index (χ3v) is 2.59. The first-order valence-corrected chi connectivity index (χ1v) is 5.46.